The minimum atomic E-state index is -2.60. The number of benzene rings is 1. The molecule has 4 aromatic rings. The molecule has 3 heterocycles. The van der Waals surface area contributed by atoms with Gasteiger partial charge in [-0.1, -0.05) is 20.8 Å². The van der Waals surface area contributed by atoms with Crippen molar-refractivity contribution >= 4 is 36.2 Å². The third kappa shape index (κ3) is 6.37. The topological polar surface area (TPSA) is 108 Å². The Morgan fingerprint density at radius 2 is 1.92 bits per heavy atom. The number of fused-ring (bicyclic) bond motifs is 2. The van der Waals surface area contributed by atoms with E-state index in [9.17, 15) is 9.59 Å². The number of carbonyl (C=O) groups excluding carboxylic acids is 2. The number of ether oxygens (including phenoxy) is 1. The summed E-state index contributed by atoms with van der Waals surface area (Å²) in [7, 11) is -2.60. The molecule has 1 atom stereocenters. The van der Waals surface area contributed by atoms with Crippen LogP contribution in [0.1, 0.15) is 41.0 Å². The van der Waals surface area contributed by atoms with Crippen molar-refractivity contribution in [1.29, 1.82) is 0 Å². The minimum Gasteiger partial charge on any atom is -0.536 e. The van der Waals surface area contributed by atoms with Crippen molar-refractivity contribution < 1.29 is 23.2 Å². The normalized spacial score (nSPS) is 13.1. The number of carbonyl (C=O) groups is 2. The lowest BCUT2D eigenvalue weighted by atomic mass is 9.93. The molecule has 0 radical (unpaired) electrons. The van der Waals surface area contributed by atoms with Crippen LogP contribution in [0.15, 0.2) is 47.0 Å². The Morgan fingerprint density at radius 3 is 2.62 bits per heavy atom. The van der Waals surface area contributed by atoms with E-state index < -0.39 is 8.32 Å². The van der Waals surface area contributed by atoms with E-state index in [4.69, 9.17) is 13.6 Å². The number of aromatic nitrogens is 3. The van der Waals surface area contributed by atoms with Crippen molar-refractivity contribution in [3.05, 3.63) is 42.6 Å². The highest BCUT2D eigenvalue weighted by atomic mass is 28.4. The number of rotatable bonds is 9. The summed E-state index contributed by atoms with van der Waals surface area (Å²) in [6.45, 7) is 13.7. The monoisotopic (exact) mass is 522 g/mol. The van der Waals surface area contributed by atoms with Gasteiger partial charge in [0.1, 0.15) is 23.1 Å². The molecule has 0 spiro atoms. The molecule has 10 heteroatoms. The lowest BCUT2D eigenvalue weighted by Crippen LogP contribution is -2.45. The molecule has 4 rings (SSSR count). The zero-order chi connectivity index (χ0) is 27.0. The van der Waals surface area contributed by atoms with Crippen molar-refractivity contribution in [1.82, 2.24) is 19.9 Å². The predicted molar refractivity (Wildman–Crippen MR) is 144 cm³/mol. The molecule has 0 aliphatic rings. The van der Waals surface area contributed by atoms with Gasteiger partial charge in [-0.25, -0.2) is 9.50 Å². The summed E-state index contributed by atoms with van der Waals surface area (Å²) in [5.74, 6) is 1.50. The predicted octanol–water partition coefficient (Wildman–Crippen LogP) is 5.17. The molecule has 0 saturated carbocycles. The Hall–Kier alpha value is -3.66. The lowest BCUT2D eigenvalue weighted by Gasteiger charge is -2.26. The maximum Gasteiger partial charge on any atom is 0.314 e. The van der Waals surface area contributed by atoms with Gasteiger partial charge < -0.3 is 23.7 Å². The van der Waals surface area contributed by atoms with E-state index in [1.54, 1.807) is 16.8 Å². The molecule has 0 unspecified atom stereocenters. The Bertz CT molecular complexity index is 1450. The first kappa shape index (κ1) is 26.4. The Kier molecular flexibility index (Phi) is 7.14. The SMILES string of the molecule is CC(=O)NC[C@@H](C)Oc1ccc2ncc(-c3cc4ccc(O[Si](C)(C)C(=O)CC(C)(C)C)cc4o3)n2n1. The van der Waals surface area contributed by atoms with Crippen LogP contribution < -0.4 is 14.5 Å². The lowest BCUT2D eigenvalue weighted by molar-refractivity contribution is -0.119. The van der Waals surface area contributed by atoms with Gasteiger partial charge in [-0.3, -0.25) is 4.79 Å². The van der Waals surface area contributed by atoms with Crippen LogP contribution in [0.25, 0.3) is 28.1 Å². The van der Waals surface area contributed by atoms with Gasteiger partial charge in [-0.05, 0) is 49.7 Å². The number of hydrogen-bond acceptors (Lipinski definition) is 7. The third-order valence-electron chi connectivity index (χ3n) is 5.78. The average Bonchev–Trinajstić information content (AvgIpc) is 3.39. The molecule has 3 aromatic heterocycles. The largest absolute Gasteiger partial charge is 0.536 e. The van der Waals surface area contributed by atoms with Gasteiger partial charge >= 0.3 is 8.32 Å². The number of amides is 1. The minimum absolute atomic E-state index is 0.0823. The van der Waals surface area contributed by atoms with Gasteiger partial charge in [0.15, 0.2) is 16.8 Å². The van der Waals surface area contributed by atoms with E-state index in [1.807, 2.05) is 50.3 Å². The van der Waals surface area contributed by atoms with Crippen molar-refractivity contribution in [2.45, 2.75) is 60.2 Å². The van der Waals surface area contributed by atoms with Crippen LogP contribution in [0.2, 0.25) is 13.1 Å². The molecule has 1 aromatic carbocycles. The number of hydrogen-bond donors (Lipinski definition) is 1. The second kappa shape index (κ2) is 10.0. The Labute approximate surface area is 217 Å². The van der Waals surface area contributed by atoms with Crippen LogP contribution >= 0.6 is 0 Å². The first-order valence-corrected chi connectivity index (χ1v) is 15.2. The van der Waals surface area contributed by atoms with E-state index in [-0.39, 0.29) is 22.8 Å². The van der Waals surface area contributed by atoms with Gasteiger partial charge in [-0.2, -0.15) is 0 Å². The highest BCUT2D eigenvalue weighted by Gasteiger charge is 2.36. The van der Waals surface area contributed by atoms with E-state index in [0.29, 0.717) is 47.3 Å². The van der Waals surface area contributed by atoms with Gasteiger partial charge in [-0.15, -0.1) is 5.10 Å². The fraction of sp³-hybridized carbons (Fsp3) is 0.407. The van der Waals surface area contributed by atoms with Crippen molar-refractivity contribution in [2.24, 2.45) is 5.41 Å². The quantitative estimate of drug-likeness (QED) is 0.302. The molecule has 0 saturated heterocycles. The highest BCUT2D eigenvalue weighted by molar-refractivity contribution is 7.00. The van der Waals surface area contributed by atoms with Gasteiger partial charge in [0, 0.05) is 30.9 Å². The van der Waals surface area contributed by atoms with Crippen molar-refractivity contribution in [3.63, 3.8) is 0 Å². The molecule has 1 amide bonds. The van der Waals surface area contributed by atoms with Gasteiger partial charge in [0.2, 0.25) is 11.8 Å². The maximum atomic E-state index is 12.9. The van der Waals surface area contributed by atoms with E-state index in [0.717, 1.165) is 5.39 Å². The third-order valence-corrected chi connectivity index (χ3v) is 8.04. The molecule has 196 valence electrons. The summed E-state index contributed by atoms with van der Waals surface area (Å²) >= 11 is 0. The van der Waals surface area contributed by atoms with E-state index in [1.165, 1.54) is 6.92 Å². The second-order valence-corrected chi connectivity index (χ2v) is 14.8. The summed E-state index contributed by atoms with van der Waals surface area (Å²) in [5.41, 5.74) is 1.88. The first-order chi connectivity index (χ1) is 17.3. The average molecular weight is 523 g/mol. The second-order valence-electron chi connectivity index (χ2n) is 11.0. The zero-order valence-corrected chi connectivity index (χ0v) is 23.4. The van der Waals surface area contributed by atoms with Crippen LogP contribution in [-0.2, 0) is 9.59 Å². The Morgan fingerprint density at radius 1 is 1.16 bits per heavy atom. The standard InChI is InChI=1S/C27H34N4O5Si/c1-17(15-28-18(2)32)34-25-11-10-24-29-16-21(31(24)30-25)23-12-19-8-9-20(13-22(19)35-23)36-37(6,7)26(33)14-27(3,4)5/h8-13,16-17H,14-15H2,1-7H3,(H,28,32)/t17-/m1/s1. The fourth-order valence-electron chi connectivity index (χ4n) is 3.87. The smallest absolute Gasteiger partial charge is 0.314 e. The molecule has 9 nitrogen and oxygen atoms in total. The summed E-state index contributed by atoms with van der Waals surface area (Å²) < 4.78 is 19.9. The molecule has 0 fully saturated rings. The van der Waals surface area contributed by atoms with Crippen LogP contribution in [-0.4, -0.2) is 46.9 Å². The molecule has 0 bridgehead atoms. The highest BCUT2D eigenvalue weighted by Crippen LogP contribution is 2.32. The molecule has 0 aliphatic heterocycles. The van der Waals surface area contributed by atoms with Gasteiger partial charge in [0.25, 0.3) is 0 Å². The van der Waals surface area contributed by atoms with Crippen molar-refractivity contribution in [2.75, 3.05) is 6.54 Å². The van der Waals surface area contributed by atoms with Crippen LogP contribution in [0.4, 0.5) is 0 Å². The fourth-order valence-corrected chi connectivity index (χ4v) is 5.66. The molecular weight excluding hydrogens is 488 g/mol. The van der Waals surface area contributed by atoms with Gasteiger partial charge in [0.05, 0.1) is 12.7 Å². The molecule has 0 aliphatic carbocycles. The van der Waals surface area contributed by atoms with Crippen LogP contribution in [0, 0.1) is 5.41 Å². The number of imidazole rings is 1. The Balaban J connectivity index is 1.57. The number of nitrogens with zero attached hydrogens (tertiary/aromatic N) is 3. The number of nitrogens with one attached hydrogen (secondary N) is 1. The van der Waals surface area contributed by atoms with E-state index in [2.05, 4.69) is 36.2 Å². The summed E-state index contributed by atoms with van der Waals surface area (Å²) in [5, 5.41) is 8.38. The summed E-state index contributed by atoms with van der Waals surface area (Å²) in [6, 6.07) is 11.1. The summed E-state index contributed by atoms with van der Waals surface area (Å²) in [4.78, 5) is 28.5. The van der Waals surface area contributed by atoms with E-state index >= 15 is 0 Å². The maximum absolute atomic E-state index is 12.9. The first-order valence-electron chi connectivity index (χ1n) is 12.3. The summed E-state index contributed by atoms with van der Waals surface area (Å²) in [6.07, 6.45) is 1.93. The van der Waals surface area contributed by atoms with Crippen LogP contribution in [0.3, 0.4) is 0 Å². The number of furan rings is 1. The zero-order valence-electron chi connectivity index (χ0n) is 22.4. The molecule has 1 N–H and O–H groups in total. The molecular formula is C27H34N4O5Si. The van der Waals surface area contributed by atoms with Crippen LogP contribution in [0.5, 0.6) is 11.6 Å². The van der Waals surface area contributed by atoms with Crippen molar-refractivity contribution in [3.8, 4) is 23.1 Å². The molecule has 37 heavy (non-hydrogen) atoms.